The normalized spacial score (nSPS) is 11.1. The van der Waals surface area contributed by atoms with Crippen molar-refractivity contribution in [3.63, 3.8) is 0 Å². The molecular weight excluding hydrogens is 407 g/mol. The SMILES string of the molecule is COc1ccc(CNC(=O)c2cccc(S(=O)(=O)NCc3ccccc3)c2)cc1F. The van der Waals surface area contributed by atoms with Gasteiger partial charge in [0.25, 0.3) is 5.91 Å². The Kier molecular flexibility index (Phi) is 6.81. The minimum Gasteiger partial charge on any atom is -0.494 e. The van der Waals surface area contributed by atoms with E-state index in [9.17, 15) is 17.6 Å². The molecule has 0 radical (unpaired) electrons. The molecule has 30 heavy (non-hydrogen) atoms. The predicted molar refractivity (Wildman–Crippen MR) is 111 cm³/mol. The lowest BCUT2D eigenvalue weighted by Crippen LogP contribution is -2.25. The summed E-state index contributed by atoms with van der Waals surface area (Å²) in [6.45, 7) is 0.228. The van der Waals surface area contributed by atoms with Crippen molar-refractivity contribution < 1.29 is 22.3 Å². The predicted octanol–water partition coefficient (Wildman–Crippen LogP) is 3.24. The van der Waals surface area contributed by atoms with Gasteiger partial charge in [-0.05, 0) is 41.5 Å². The summed E-state index contributed by atoms with van der Waals surface area (Å²) in [5, 5.41) is 2.65. The number of amides is 1. The lowest BCUT2D eigenvalue weighted by atomic mass is 10.2. The zero-order valence-electron chi connectivity index (χ0n) is 16.3. The summed E-state index contributed by atoms with van der Waals surface area (Å²) >= 11 is 0. The van der Waals surface area contributed by atoms with Gasteiger partial charge in [0.15, 0.2) is 11.6 Å². The lowest BCUT2D eigenvalue weighted by Gasteiger charge is -2.10. The first-order valence-corrected chi connectivity index (χ1v) is 10.6. The molecular formula is C22H21FN2O4S. The molecule has 3 aromatic rings. The second-order valence-electron chi connectivity index (χ2n) is 6.49. The van der Waals surface area contributed by atoms with E-state index < -0.39 is 21.7 Å². The molecule has 3 aromatic carbocycles. The number of hydrogen-bond donors (Lipinski definition) is 2. The van der Waals surface area contributed by atoms with E-state index >= 15 is 0 Å². The number of carbonyl (C=O) groups is 1. The average molecular weight is 428 g/mol. The summed E-state index contributed by atoms with van der Waals surface area (Å²) in [5.41, 5.74) is 1.56. The van der Waals surface area contributed by atoms with Crippen LogP contribution in [-0.2, 0) is 23.1 Å². The largest absolute Gasteiger partial charge is 0.494 e. The number of nitrogens with one attached hydrogen (secondary N) is 2. The molecule has 0 aromatic heterocycles. The monoisotopic (exact) mass is 428 g/mol. The first kappa shape index (κ1) is 21.5. The highest BCUT2D eigenvalue weighted by Crippen LogP contribution is 2.18. The molecule has 3 rings (SSSR count). The minimum atomic E-state index is -3.79. The van der Waals surface area contributed by atoms with Crippen LogP contribution in [0, 0.1) is 5.82 Å². The Labute approximate surface area is 174 Å². The Morgan fingerprint density at radius 1 is 0.933 bits per heavy atom. The molecule has 0 spiro atoms. The van der Waals surface area contributed by atoms with Crippen LogP contribution in [0.2, 0.25) is 0 Å². The number of sulfonamides is 1. The van der Waals surface area contributed by atoms with Crippen molar-refractivity contribution in [1.82, 2.24) is 10.0 Å². The number of carbonyl (C=O) groups excluding carboxylic acids is 1. The van der Waals surface area contributed by atoms with Crippen molar-refractivity contribution in [3.8, 4) is 5.75 Å². The smallest absolute Gasteiger partial charge is 0.251 e. The van der Waals surface area contributed by atoms with Crippen LogP contribution in [0.4, 0.5) is 4.39 Å². The van der Waals surface area contributed by atoms with E-state index in [0.717, 1.165) is 5.56 Å². The fourth-order valence-electron chi connectivity index (χ4n) is 2.77. The van der Waals surface area contributed by atoms with Crippen molar-refractivity contribution in [1.29, 1.82) is 0 Å². The number of hydrogen-bond acceptors (Lipinski definition) is 4. The number of benzene rings is 3. The minimum absolute atomic E-state index is 0.0124. The molecule has 1 amide bonds. The van der Waals surface area contributed by atoms with Crippen LogP contribution < -0.4 is 14.8 Å². The van der Waals surface area contributed by atoms with Crippen LogP contribution in [0.5, 0.6) is 5.75 Å². The standard InChI is InChI=1S/C22H21FN2O4S/c1-29-21-11-10-17(12-20(21)23)14-24-22(26)18-8-5-9-19(13-18)30(27,28)25-15-16-6-3-2-4-7-16/h2-13,25H,14-15H2,1H3,(H,24,26). The second-order valence-corrected chi connectivity index (χ2v) is 8.26. The molecule has 8 heteroatoms. The quantitative estimate of drug-likeness (QED) is 0.577. The summed E-state index contributed by atoms with van der Waals surface area (Å²) in [6.07, 6.45) is 0. The Hall–Kier alpha value is -3.23. The van der Waals surface area contributed by atoms with Gasteiger partial charge in [-0.15, -0.1) is 0 Å². The number of rotatable bonds is 8. The molecule has 6 nitrogen and oxygen atoms in total. The van der Waals surface area contributed by atoms with E-state index in [1.807, 2.05) is 30.3 Å². The molecule has 0 fully saturated rings. The van der Waals surface area contributed by atoms with Gasteiger partial charge in [-0.2, -0.15) is 0 Å². The molecule has 0 saturated carbocycles. The summed E-state index contributed by atoms with van der Waals surface area (Å²) in [5.74, 6) is -0.876. The Morgan fingerprint density at radius 3 is 2.40 bits per heavy atom. The van der Waals surface area contributed by atoms with Crippen LogP contribution >= 0.6 is 0 Å². The number of ether oxygens (including phenoxy) is 1. The zero-order chi connectivity index (χ0) is 21.6. The summed E-state index contributed by atoms with van der Waals surface area (Å²) in [4.78, 5) is 12.4. The van der Waals surface area contributed by atoms with Gasteiger partial charge in [0, 0.05) is 18.7 Å². The van der Waals surface area contributed by atoms with Crippen molar-refractivity contribution >= 4 is 15.9 Å². The van der Waals surface area contributed by atoms with Gasteiger partial charge in [0.1, 0.15) is 0 Å². The first-order valence-electron chi connectivity index (χ1n) is 9.13. The average Bonchev–Trinajstić information content (AvgIpc) is 2.77. The maximum atomic E-state index is 13.8. The van der Waals surface area contributed by atoms with Gasteiger partial charge >= 0.3 is 0 Å². The topological polar surface area (TPSA) is 84.5 Å². The van der Waals surface area contributed by atoms with E-state index in [1.54, 1.807) is 6.07 Å². The van der Waals surface area contributed by atoms with Gasteiger partial charge < -0.3 is 10.1 Å². The van der Waals surface area contributed by atoms with Crippen LogP contribution in [-0.4, -0.2) is 21.4 Å². The molecule has 2 N–H and O–H groups in total. The van der Waals surface area contributed by atoms with Crippen LogP contribution in [0.1, 0.15) is 21.5 Å². The van der Waals surface area contributed by atoms with Crippen LogP contribution in [0.15, 0.2) is 77.7 Å². The van der Waals surface area contributed by atoms with Crippen molar-refractivity contribution in [3.05, 3.63) is 95.3 Å². The molecule has 156 valence electrons. The zero-order valence-corrected chi connectivity index (χ0v) is 17.1. The second kappa shape index (κ2) is 9.51. The molecule has 0 aliphatic rings. The van der Waals surface area contributed by atoms with Crippen molar-refractivity contribution in [2.45, 2.75) is 18.0 Å². The van der Waals surface area contributed by atoms with Gasteiger partial charge in [-0.3, -0.25) is 4.79 Å². The maximum absolute atomic E-state index is 13.8. The van der Waals surface area contributed by atoms with Gasteiger partial charge in [0.05, 0.1) is 12.0 Å². The third-order valence-electron chi connectivity index (χ3n) is 4.38. The van der Waals surface area contributed by atoms with Gasteiger partial charge in [-0.25, -0.2) is 17.5 Å². The Morgan fingerprint density at radius 2 is 1.70 bits per heavy atom. The molecule has 0 aliphatic carbocycles. The van der Waals surface area contributed by atoms with Crippen molar-refractivity contribution in [2.75, 3.05) is 7.11 Å². The summed E-state index contributed by atoms with van der Waals surface area (Å²) in [7, 11) is -2.42. The first-order chi connectivity index (χ1) is 14.4. The molecule has 0 heterocycles. The third kappa shape index (κ3) is 5.43. The summed E-state index contributed by atoms with van der Waals surface area (Å²) in [6, 6.07) is 19.2. The van der Waals surface area contributed by atoms with Gasteiger partial charge in [-0.1, -0.05) is 42.5 Å². The van der Waals surface area contributed by atoms with Crippen LogP contribution in [0.25, 0.3) is 0 Å². The van der Waals surface area contributed by atoms with Gasteiger partial charge in [0.2, 0.25) is 10.0 Å². The molecule has 0 atom stereocenters. The highest BCUT2D eigenvalue weighted by Gasteiger charge is 2.16. The highest BCUT2D eigenvalue weighted by atomic mass is 32.2. The molecule has 0 bridgehead atoms. The molecule has 0 saturated heterocycles. The number of halogens is 1. The fourth-order valence-corrected chi connectivity index (χ4v) is 3.83. The van der Waals surface area contributed by atoms with E-state index in [1.165, 1.54) is 43.5 Å². The van der Waals surface area contributed by atoms with Crippen LogP contribution in [0.3, 0.4) is 0 Å². The summed E-state index contributed by atoms with van der Waals surface area (Å²) < 4.78 is 46.3. The lowest BCUT2D eigenvalue weighted by molar-refractivity contribution is 0.0950. The van der Waals surface area contributed by atoms with E-state index in [0.29, 0.717) is 5.56 Å². The maximum Gasteiger partial charge on any atom is 0.251 e. The Bertz CT molecular complexity index is 1130. The Balaban J connectivity index is 1.66. The van der Waals surface area contributed by atoms with E-state index in [4.69, 9.17) is 4.74 Å². The third-order valence-corrected chi connectivity index (χ3v) is 5.78. The molecule has 0 unspecified atom stereocenters. The number of methoxy groups -OCH3 is 1. The van der Waals surface area contributed by atoms with E-state index in [2.05, 4.69) is 10.0 Å². The highest BCUT2D eigenvalue weighted by molar-refractivity contribution is 7.89. The molecule has 0 aliphatic heterocycles. The van der Waals surface area contributed by atoms with Crippen molar-refractivity contribution in [2.24, 2.45) is 0 Å². The fraction of sp³-hybridized carbons (Fsp3) is 0.136. The van der Waals surface area contributed by atoms with E-state index in [-0.39, 0.29) is 29.3 Å².